The second-order valence-corrected chi connectivity index (χ2v) is 9.14. The molecule has 0 bridgehead atoms. The number of fused-ring (bicyclic) bond motifs is 1. The lowest BCUT2D eigenvalue weighted by atomic mass is 9.82. The molecule has 7 heteroatoms. The third-order valence-corrected chi connectivity index (χ3v) is 6.87. The number of rotatable bonds is 5. The molecule has 3 heterocycles. The number of aliphatic imine (C=N–C) groups is 1. The monoisotopic (exact) mass is 469 g/mol. The molecule has 0 saturated carbocycles. The number of oxime groups is 1. The van der Waals surface area contributed by atoms with Gasteiger partial charge in [0, 0.05) is 19.2 Å². The number of imidazole rings is 1. The smallest absolute Gasteiger partial charge is 0.177 e. The molecular formula is C28H31N5O2. The van der Waals surface area contributed by atoms with Crippen molar-refractivity contribution in [1.29, 1.82) is 0 Å². The summed E-state index contributed by atoms with van der Waals surface area (Å²) in [7, 11) is 3.30. The molecule has 1 unspecified atom stereocenters. The number of aromatic nitrogens is 2. The van der Waals surface area contributed by atoms with Crippen molar-refractivity contribution in [3.8, 4) is 11.4 Å². The van der Waals surface area contributed by atoms with Gasteiger partial charge in [0.25, 0.3) is 0 Å². The standard InChI is InChI=1S/C28H31N5O2/c1-20-18-32(19-30-20)24-12-10-21(17-25(24)34-3)16-22-11-13-26-29-15-14-28(2,23-8-6-5-7-9-23)33(26)27(22)31-35-4/h5-10,12,16-19H,11,13-15H2,1-4H3/b22-16+,31-27?. The maximum atomic E-state index is 5.73. The number of hydrogen-bond acceptors (Lipinski definition) is 5. The zero-order chi connectivity index (χ0) is 24.4. The van der Waals surface area contributed by atoms with Crippen LogP contribution in [0, 0.1) is 6.92 Å². The van der Waals surface area contributed by atoms with E-state index < -0.39 is 0 Å². The fraction of sp³-hybridized carbons (Fsp3) is 0.321. The zero-order valence-corrected chi connectivity index (χ0v) is 20.7. The Morgan fingerprint density at radius 2 is 1.91 bits per heavy atom. The lowest BCUT2D eigenvalue weighted by molar-refractivity contribution is 0.190. The van der Waals surface area contributed by atoms with Crippen molar-refractivity contribution in [1.82, 2.24) is 14.5 Å². The molecule has 0 spiro atoms. The van der Waals surface area contributed by atoms with Crippen LogP contribution >= 0.6 is 0 Å². The van der Waals surface area contributed by atoms with Gasteiger partial charge in [-0.2, -0.15) is 0 Å². The minimum Gasteiger partial charge on any atom is -0.495 e. The van der Waals surface area contributed by atoms with E-state index in [4.69, 9.17) is 14.6 Å². The molecule has 1 aromatic heterocycles. The molecule has 2 aliphatic rings. The molecule has 2 aromatic carbocycles. The highest BCUT2D eigenvalue weighted by Crippen LogP contribution is 2.40. The average Bonchev–Trinajstić information content (AvgIpc) is 3.32. The Balaban J connectivity index is 1.55. The quantitative estimate of drug-likeness (QED) is 0.473. The molecule has 35 heavy (non-hydrogen) atoms. The van der Waals surface area contributed by atoms with Crippen LogP contribution in [-0.4, -0.2) is 46.9 Å². The van der Waals surface area contributed by atoms with Gasteiger partial charge in [-0.1, -0.05) is 41.6 Å². The minimum atomic E-state index is -0.254. The Labute approximate surface area is 206 Å². The fourth-order valence-electron chi connectivity index (χ4n) is 5.06. The van der Waals surface area contributed by atoms with Gasteiger partial charge in [0.2, 0.25) is 0 Å². The van der Waals surface area contributed by atoms with E-state index in [1.165, 1.54) is 5.56 Å². The van der Waals surface area contributed by atoms with Crippen molar-refractivity contribution < 1.29 is 9.57 Å². The third kappa shape index (κ3) is 4.22. The summed E-state index contributed by atoms with van der Waals surface area (Å²) in [5.41, 5.74) is 5.06. The van der Waals surface area contributed by atoms with E-state index in [-0.39, 0.29) is 5.54 Å². The molecule has 0 amide bonds. The summed E-state index contributed by atoms with van der Waals surface area (Å²) < 4.78 is 7.71. The molecule has 0 radical (unpaired) electrons. The Hall–Kier alpha value is -3.87. The second-order valence-electron chi connectivity index (χ2n) is 9.14. The molecule has 2 aliphatic heterocycles. The van der Waals surface area contributed by atoms with Gasteiger partial charge in [-0.25, -0.2) is 4.98 Å². The summed E-state index contributed by atoms with van der Waals surface area (Å²) >= 11 is 0. The average molecular weight is 470 g/mol. The first kappa shape index (κ1) is 22.9. The zero-order valence-electron chi connectivity index (χ0n) is 20.7. The van der Waals surface area contributed by atoms with Crippen molar-refractivity contribution in [3.05, 3.63) is 83.4 Å². The molecule has 1 atom stereocenters. The Morgan fingerprint density at radius 3 is 2.63 bits per heavy atom. The van der Waals surface area contributed by atoms with Crippen LogP contribution in [0.2, 0.25) is 0 Å². The van der Waals surface area contributed by atoms with Crippen LogP contribution in [0.1, 0.15) is 43.0 Å². The molecule has 0 N–H and O–H groups in total. The van der Waals surface area contributed by atoms with E-state index in [2.05, 4.69) is 76.6 Å². The molecule has 3 aromatic rings. The van der Waals surface area contributed by atoms with Crippen molar-refractivity contribution in [2.24, 2.45) is 10.1 Å². The van der Waals surface area contributed by atoms with Crippen LogP contribution in [-0.2, 0) is 10.4 Å². The van der Waals surface area contributed by atoms with E-state index in [9.17, 15) is 0 Å². The van der Waals surface area contributed by atoms with Crippen LogP contribution in [0.5, 0.6) is 5.75 Å². The van der Waals surface area contributed by atoms with Gasteiger partial charge < -0.3 is 19.0 Å². The van der Waals surface area contributed by atoms with Crippen LogP contribution in [0.3, 0.4) is 0 Å². The Kier molecular flexibility index (Phi) is 6.16. The number of ether oxygens (including phenoxy) is 1. The predicted octanol–water partition coefficient (Wildman–Crippen LogP) is 5.35. The largest absolute Gasteiger partial charge is 0.495 e. The third-order valence-electron chi connectivity index (χ3n) is 6.87. The van der Waals surface area contributed by atoms with Gasteiger partial charge >= 0.3 is 0 Å². The molecule has 0 aliphatic carbocycles. The first-order valence-electron chi connectivity index (χ1n) is 11.9. The van der Waals surface area contributed by atoms with Crippen molar-refractivity contribution in [3.63, 3.8) is 0 Å². The summed E-state index contributed by atoms with van der Waals surface area (Å²) in [6, 6.07) is 16.8. The van der Waals surface area contributed by atoms with Crippen molar-refractivity contribution >= 4 is 17.7 Å². The first-order chi connectivity index (χ1) is 17.0. The maximum absolute atomic E-state index is 5.73. The molecular weight excluding hydrogens is 438 g/mol. The predicted molar refractivity (Wildman–Crippen MR) is 139 cm³/mol. The molecule has 7 nitrogen and oxygen atoms in total. The van der Waals surface area contributed by atoms with Crippen LogP contribution in [0.15, 0.2) is 76.8 Å². The van der Waals surface area contributed by atoms with E-state index in [1.807, 2.05) is 17.7 Å². The Morgan fingerprint density at radius 1 is 1.09 bits per heavy atom. The van der Waals surface area contributed by atoms with Gasteiger partial charge in [-0.15, -0.1) is 0 Å². The number of aryl methyl sites for hydroxylation is 1. The number of amidine groups is 2. The highest BCUT2D eigenvalue weighted by atomic mass is 16.6. The molecule has 1 saturated heterocycles. The molecule has 1 fully saturated rings. The van der Waals surface area contributed by atoms with E-state index in [0.717, 1.165) is 65.7 Å². The van der Waals surface area contributed by atoms with E-state index in [0.29, 0.717) is 0 Å². The highest BCUT2D eigenvalue weighted by molar-refractivity contribution is 6.14. The van der Waals surface area contributed by atoms with Crippen LogP contribution < -0.4 is 4.74 Å². The lowest BCUT2D eigenvalue weighted by Crippen LogP contribution is -2.56. The SMILES string of the molecule is CON=C1/C(=C/c2ccc(-n3cnc(C)c3)c(OC)c2)CCC2=NCCC(C)(c3ccccc3)N21. The molecule has 180 valence electrons. The lowest BCUT2D eigenvalue weighted by Gasteiger charge is -2.48. The van der Waals surface area contributed by atoms with Crippen LogP contribution in [0.4, 0.5) is 0 Å². The summed E-state index contributed by atoms with van der Waals surface area (Å²) in [5.74, 6) is 2.67. The number of hydrogen-bond donors (Lipinski definition) is 0. The van der Waals surface area contributed by atoms with E-state index >= 15 is 0 Å². The summed E-state index contributed by atoms with van der Waals surface area (Å²) in [5, 5.41) is 4.53. The number of methoxy groups -OCH3 is 1. The van der Waals surface area contributed by atoms with Crippen LogP contribution in [0.25, 0.3) is 11.8 Å². The first-order valence-corrected chi connectivity index (χ1v) is 11.9. The number of nitrogens with zero attached hydrogens (tertiary/aromatic N) is 5. The Bertz CT molecular complexity index is 1310. The molecule has 5 rings (SSSR count). The van der Waals surface area contributed by atoms with Gasteiger partial charge in [0.1, 0.15) is 18.7 Å². The second kappa shape index (κ2) is 9.41. The summed E-state index contributed by atoms with van der Waals surface area (Å²) in [6.07, 6.45) is 8.58. The summed E-state index contributed by atoms with van der Waals surface area (Å²) in [4.78, 5) is 16.9. The fourth-order valence-corrected chi connectivity index (χ4v) is 5.06. The van der Waals surface area contributed by atoms with Crippen molar-refractivity contribution in [2.45, 2.75) is 38.6 Å². The minimum absolute atomic E-state index is 0.254. The highest BCUT2D eigenvalue weighted by Gasteiger charge is 2.44. The normalized spacial score (nSPS) is 22.2. The van der Waals surface area contributed by atoms with Gasteiger partial charge in [-0.3, -0.25) is 4.99 Å². The summed E-state index contributed by atoms with van der Waals surface area (Å²) in [6.45, 7) is 5.06. The van der Waals surface area contributed by atoms with Gasteiger partial charge in [0.05, 0.1) is 30.4 Å². The number of piperidine rings is 1. The topological polar surface area (TPSA) is 64.2 Å². The van der Waals surface area contributed by atoms with Crippen molar-refractivity contribution in [2.75, 3.05) is 20.8 Å². The maximum Gasteiger partial charge on any atom is 0.177 e. The van der Waals surface area contributed by atoms with Gasteiger partial charge in [0.15, 0.2) is 5.84 Å². The van der Waals surface area contributed by atoms with Gasteiger partial charge in [-0.05, 0) is 61.6 Å². The van der Waals surface area contributed by atoms with E-state index in [1.54, 1.807) is 20.5 Å². The number of benzene rings is 2.